The zero-order valence-corrected chi connectivity index (χ0v) is 20.7. The first-order chi connectivity index (χ1) is 16.9. The van der Waals surface area contributed by atoms with Crippen LogP contribution in [-0.2, 0) is 14.6 Å². The standard InChI is InChI=1S/C25H25ClF3NO5S/c1-2-7-35-13-25(32)11-15-3-4-16(12-25)23(15)36(33,34)21-8-14(5-6-18(21)26)24(31)30-17-9-19(27)22(29)20(28)10-17/h2,5-6,8-10,15-16,23,32H,1,3-4,7,11-13H2,(H,30,31). The number of carbonyl (C=O) groups is 1. The van der Waals surface area contributed by atoms with Crippen LogP contribution < -0.4 is 5.32 Å². The zero-order chi connectivity index (χ0) is 26.3. The van der Waals surface area contributed by atoms with Gasteiger partial charge in [-0.15, -0.1) is 6.58 Å². The molecule has 2 bridgehead atoms. The smallest absolute Gasteiger partial charge is 0.255 e. The molecule has 0 aromatic heterocycles. The maximum atomic E-state index is 13.7. The highest BCUT2D eigenvalue weighted by molar-refractivity contribution is 7.92. The van der Waals surface area contributed by atoms with E-state index in [0.29, 0.717) is 25.0 Å². The number of fused-ring (bicyclic) bond motifs is 2. The van der Waals surface area contributed by atoms with Crippen LogP contribution in [0.4, 0.5) is 18.9 Å². The van der Waals surface area contributed by atoms with E-state index < -0.39 is 44.0 Å². The quantitative estimate of drug-likeness (QED) is 0.280. The summed E-state index contributed by atoms with van der Waals surface area (Å²) in [4.78, 5) is 12.5. The summed E-state index contributed by atoms with van der Waals surface area (Å²) in [6.07, 6.45) is 3.33. The number of anilines is 1. The largest absolute Gasteiger partial charge is 0.387 e. The van der Waals surface area contributed by atoms with Crippen molar-refractivity contribution in [2.45, 2.75) is 41.4 Å². The molecule has 11 heteroatoms. The Kier molecular flexibility index (Phi) is 7.52. The van der Waals surface area contributed by atoms with Crippen LogP contribution in [0.25, 0.3) is 0 Å². The lowest BCUT2D eigenvalue weighted by Gasteiger charge is -2.40. The van der Waals surface area contributed by atoms with Gasteiger partial charge in [-0.1, -0.05) is 17.7 Å². The second kappa shape index (κ2) is 10.2. The van der Waals surface area contributed by atoms with E-state index in [4.69, 9.17) is 16.3 Å². The van der Waals surface area contributed by atoms with Crippen molar-refractivity contribution in [3.8, 4) is 0 Å². The third-order valence-electron chi connectivity index (χ3n) is 6.83. The highest BCUT2D eigenvalue weighted by atomic mass is 35.5. The molecule has 0 saturated heterocycles. The van der Waals surface area contributed by atoms with E-state index in [1.807, 2.05) is 0 Å². The first-order valence-corrected chi connectivity index (χ1v) is 13.3. The van der Waals surface area contributed by atoms with Gasteiger partial charge in [0.15, 0.2) is 27.3 Å². The molecule has 0 spiro atoms. The Morgan fingerprint density at radius 3 is 2.36 bits per heavy atom. The molecule has 194 valence electrons. The summed E-state index contributed by atoms with van der Waals surface area (Å²) in [7, 11) is -4.00. The Hall–Kier alpha value is -2.40. The van der Waals surface area contributed by atoms with Gasteiger partial charge in [-0.2, -0.15) is 0 Å². The lowest BCUT2D eigenvalue weighted by molar-refractivity contribution is -0.0778. The van der Waals surface area contributed by atoms with Crippen LogP contribution in [0.2, 0.25) is 5.02 Å². The van der Waals surface area contributed by atoms with Crippen LogP contribution >= 0.6 is 11.6 Å². The minimum atomic E-state index is -4.00. The minimum Gasteiger partial charge on any atom is -0.387 e. The van der Waals surface area contributed by atoms with E-state index in [2.05, 4.69) is 11.9 Å². The molecule has 2 atom stereocenters. The summed E-state index contributed by atoms with van der Waals surface area (Å²) in [5.74, 6) is -6.11. The van der Waals surface area contributed by atoms with Gasteiger partial charge >= 0.3 is 0 Å². The van der Waals surface area contributed by atoms with Crippen LogP contribution in [0.15, 0.2) is 47.9 Å². The van der Waals surface area contributed by atoms with E-state index in [1.54, 1.807) is 6.08 Å². The summed E-state index contributed by atoms with van der Waals surface area (Å²) in [6.45, 7) is 3.94. The van der Waals surface area contributed by atoms with Crippen molar-refractivity contribution in [3.05, 3.63) is 71.0 Å². The fourth-order valence-electron chi connectivity index (χ4n) is 5.43. The average Bonchev–Trinajstić information content (AvgIpc) is 3.11. The Morgan fingerprint density at radius 1 is 1.17 bits per heavy atom. The van der Waals surface area contributed by atoms with Crippen molar-refractivity contribution in [3.63, 3.8) is 0 Å². The van der Waals surface area contributed by atoms with Crippen molar-refractivity contribution < 1.29 is 36.2 Å². The number of ether oxygens (including phenoxy) is 1. The van der Waals surface area contributed by atoms with Gasteiger partial charge in [0.1, 0.15) is 0 Å². The number of hydrogen-bond acceptors (Lipinski definition) is 5. The number of amides is 1. The lowest BCUT2D eigenvalue weighted by atomic mass is 9.77. The molecule has 2 aliphatic rings. The summed E-state index contributed by atoms with van der Waals surface area (Å²) in [5.41, 5.74) is -1.58. The van der Waals surface area contributed by atoms with Crippen LogP contribution in [0.1, 0.15) is 36.0 Å². The van der Waals surface area contributed by atoms with Gasteiger partial charge in [0.05, 0.1) is 34.0 Å². The number of aliphatic hydroxyl groups is 1. The molecule has 2 aromatic rings. The highest BCUT2D eigenvalue weighted by Gasteiger charge is 2.54. The van der Waals surface area contributed by atoms with Gasteiger partial charge in [0.25, 0.3) is 5.91 Å². The minimum absolute atomic E-state index is 0.0695. The van der Waals surface area contributed by atoms with Crippen molar-refractivity contribution in [2.75, 3.05) is 18.5 Å². The van der Waals surface area contributed by atoms with E-state index in [0.717, 1.165) is 6.07 Å². The van der Waals surface area contributed by atoms with E-state index >= 15 is 0 Å². The van der Waals surface area contributed by atoms with Crippen LogP contribution in [0.5, 0.6) is 0 Å². The maximum absolute atomic E-state index is 13.7. The molecule has 0 aliphatic heterocycles. The third kappa shape index (κ3) is 5.18. The molecule has 2 aromatic carbocycles. The maximum Gasteiger partial charge on any atom is 0.255 e. The first-order valence-electron chi connectivity index (χ1n) is 11.4. The van der Waals surface area contributed by atoms with Gasteiger partial charge < -0.3 is 15.2 Å². The molecule has 2 fully saturated rings. The van der Waals surface area contributed by atoms with Crippen molar-refractivity contribution in [2.24, 2.45) is 11.8 Å². The second-order valence-electron chi connectivity index (χ2n) is 9.40. The topological polar surface area (TPSA) is 92.7 Å². The number of nitrogens with one attached hydrogen (secondary N) is 1. The van der Waals surface area contributed by atoms with Gasteiger partial charge in [0.2, 0.25) is 0 Å². The molecular weight excluding hydrogens is 519 g/mol. The molecule has 2 saturated carbocycles. The molecule has 1 amide bonds. The zero-order valence-electron chi connectivity index (χ0n) is 19.1. The summed E-state index contributed by atoms with van der Waals surface area (Å²) in [6, 6.07) is 4.89. The van der Waals surface area contributed by atoms with Gasteiger partial charge in [-0.3, -0.25) is 4.79 Å². The van der Waals surface area contributed by atoms with E-state index in [9.17, 15) is 31.5 Å². The van der Waals surface area contributed by atoms with Crippen molar-refractivity contribution >= 4 is 33.0 Å². The Balaban J connectivity index is 1.57. The van der Waals surface area contributed by atoms with Crippen molar-refractivity contribution in [1.29, 1.82) is 0 Å². The molecule has 2 unspecified atom stereocenters. The van der Waals surface area contributed by atoms with Gasteiger partial charge in [-0.05, 0) is 55.7 Å². The molecule has 2 aliphatic carbocycles. The Morgan fingerprint density at radius 2 is 1.78 bits per heavy atom. The van der Waals surface area contributed by atoms with E-state index in [1.165, 1.54) is 12.1 Å². The van der Waals surface area contributed by atoms with Crippen LogP contribution in [0, 0.1) is 29.3 Å². The summed E-state index contributed by atoms with van der Waals surface area (Å²) >= 11 is 6.25. The number of rotatable bonds is 8. The van der Waals surface area contributed by atoms with Crippen LogP contribution in [-0.4, -0.2) is 43.5 Å². The number of halogens is 4. The molecule has 6 nitrogen and oxygen atoms in total. The molecule has 0 radical (unpaired) electrons. The summed E-state index contributed by atoms with van der Waals surface area (Å²) < 4.78 is 73.1. The first kappa shape index (κ1) is 26.7. The van der Waals surface area contributed by atoms with E-state index in [-0.39, 0.29) is 59.1 Å². The number of sulfone groups is 1. The van der Waals surface area contributed by atoms with Gasteiger partial charge in [-0.25, -0.2) is 21.6 Å². The second-order valence-corrected chi connectivity index (χ2v) is 11.9. The summed E-state index contributed by atoms with van der Waals surface area (Å²) in [5, 5.41) is 12.4. The fraction of sp³-hybridized carbons (Fsp3) is 0.400. The molecule has 0 heterocycles. The Labute approximate surface area is 212 Å². The SMILES string of the molecule is C=CCOCC1(O)CC2CCC(C1)C2S(=O)(=O)c1cc(C(=O)Nc2cc(F)c(F)c(F)c2)ccc1Cl. The fourth-order valence-corrected chi connectivity index (χ4v) is 8.28. The van der Waals surface area contributed by atoms with Crippen molar-refractivity contribution in [1.82, 2.24) is 0 Å². The monoisotopic (exact) mass is 543 g/mol. The molecule has 2 N–H and O–H groups in total. The van der Waals surface area contributed by atoms with Crippen LogP contribution in [0.3, 0.4) is 0 Å². The number of carbonyl (C=O) groups excluding carboxylic acids is 1. The predicted molar refractivity (Wildman–Crippen MR) is 128 cm³/mol. The third-order valence-corrected chi connectivity index (χ3v) is 9.71. The molecule has 36 heavy (non-hydrogen) atoms. The number of hydrogen-bond donors (Lipinski definition) is 2. The molecule has 4 rings (SSSR count). The Bertz CT molecular complexity index is 1270. The number of benzene rings is 2. The van der Waals surface area contributed by atoms with Gasteiger partial charge in [0, 0.05) is 23.4 Å². The molecular formula is C25H25ClF3NO5S. The lowest BCUT2D eigenvalue weighted by Crippen LogP contribution is -2.48. The normalized spacial score (nSPS) is 25.5. The highest BCUT2D eigenvalue weighted by Crippen LogP contribution is 2.51. The predicted octanol–water partition coefficient (Wildman–Crippen LogP) is 4.91. The average molecular weight is 544 g/mol.